The largest absolute Gasteiger partial charge is 0.467 e. The first-order valence-electron chi connectivity index (χ1n) is 7.13. The molecule has 2 aromatic rings. The van der Waals surface area contributed by atoms with E-state index < -0.39 is 6.04 Å². The number of hydrogen-bond acceptors (Lipinski definition) is 6. The average molecular weight is 333 g/mol. The number of carbonyl (C=O) groups is 1. The predicted molar refractivity (Wildman–Crippen MR) is 91.8 cm³/mol. The second-order valence-electron chi connectivity index (χ2n) is 5.42. The number of methoxy groups -OCH3 is 1. The predicted octanol–water partition coefficient (Wildman–Crippen LogP) is 2.39. The molecule has 0 saturated heterocycles. The van der Waals surface area contributed by atoms with Gasteiger partial charge in [0.15, 0.2) is 5.76 Å². The first-order valence-corrected chi connectivity index (χ1v) is 7.54. The fourth-order valence-corrected chi connectivity index (χ4v) is 2.23. The lowest BCUT2D eigenvalue weighted by molar-refractivity contribution is -0.143. The van der Waals surface area contributed by atoms with Gasteiger partial charge in [-0.05, 0) is 18.1 Å². The van der Waals surface area contributed by atoms with E-state index in [4.69, 9.17) is 27.2 Å². The lowest BCUT2D eigenvalue weighted by atomic mass is 10.0. The van der Waals surface area contributed by atoms with Crippen molar-refractivity contribution in [3.8, 4) is 11.3 Å². The average Bonchev–Trinajstić information content (AvgIpc) is 3.02. The number of nitrogens with one attached hydrogen (secondary N) is 1. The van der Waals surface area contributed by atoms with Crippen LogP contribution in [0.4, 0.5) is 5.69 Å². The summed E-state index contributed by atoms with van der Waals surface area (Å²) < 4.78 is 10.0. The molecule has 0 amide bonds. The molecule has 122 valence electrons. The number of anilines is 1. The molecule has 0 aliphatic carbocycles. The van der Waals surface area contributed by atoms with Gasteiger partial charge in [-0.2, -0.15) is 0 Å². The SMILES string of the molecule is COC(=O)[C@H](NC(=S)c1cc(-c2ccc(N)cc2)no1)C(C)C. The summed E-state index contributed by atoms with van der Waals surface area (Å²) in [5, 5.41) is 6.96. The Labute approximate surface area is 140 Å². The molecule has 3 N–H and O–H groups in total. The van der Waals surface area contributed by atoms with E-state index in [0.29, 0.717) is 22.1 Å². The second kappa shape index (κ2) is 7.23. The van der Waals surface area contributed by atoms with Crippen LogP contribution in [0.25, 0.3) is 11.3 Å². The van der Waals surface area contributed by atoms with Crippen LogP contribution in [0.3, 0.4) is 0 Å². The van der Waals surface area contributed by atoms with Crippen molar-refractivity contribution in [2.75, 3.05) is 12.8 Å². The number of esters is 1. The number of benzene rings is 1. The maximum absolute atomic E-state index is 11.8. The third-order valence-corrected chi connectivity index (χ3v) is 3.67. The van der Waals surface area contributed by atoms with Crippen LogP contribution in [-0.4, -0.2) is 29.3 Å². The van der Waals surface area contributed by atoms with Gasteiger partial charge in [0.25, 0.3) is 0 Å². The molecule has 0 radical (unpaired) electrons. The Bertz CT molecular complexity index is 695. The molecule has 0 unspecified atom stereocenters. The molecule has 7 heteroatoms. The molecule has 1 atom stereocenters. The highest BCUT2D eigenvalue weighted by Gasteiger charge is 2.25. The van der Waals surface area contributed by atoms with E-state index in [9.17, 15) is 4.79 Å². The van der Waals surface area contributed by atoms with Gasteiger partial charge in [0, 0.05) is 17.3 Å². The normalized spacial score (nSPS) is 12.0. The summed E-state index contributed by atoms with van der Waals surface area (Å²) in [7, 11) is 1.34. The van der Waals surface area contributed by atoms with E-state index in [1.165, 1.54) is 7.11 Å². The van der Waals surface area contributed by atoms with Crippen LogP contribution in [0.15, 0.2) is 34.9 Å². The molecule has 23 heavy (non-hydrogen) atoms. The number of aromatic nitrogens is 1. The topological polar surface area (TPSA) is 90.4 Å². The number of hydrogen-bond donors (Lipinski definition) is 2. The molecule has 0 saturated carbocycles. The Morgan fingerprint density at radius 3 is 2.57 bits per heavy atom. The summed E-state index contributed by atoms with van der Waals surface area (Å²) in [6, 6.07) is 8.43. The molecule has 1 aromatic heterocycles. The summed E-state index contributed by atoms with van der Waals surface area (Å²) in [6.45, 7) is 3.80. The van der Waals surface area contributed by atoms with Crippen molar-refractivity contribution >= 4 is 28.9 Å². The van der Waals surface area contributed by atoms with Crippen molar-refractivity contribution < 1.29 is 14.1 Å². The van der Waals surface area contributed by atoms with Crippen LogP contribution < -0.4 is 11.1 Å². The number of ether oxygens (including phenoxy) is 1. The van der Waals surface area contributed by atoms with Crippen molar-refractivity contribution in [3.05, 3.63) is 36.1 Å². The van der Waals surface area contributed by atoms with Gasteiger partial charge in [-0.15, -0.1) is 0 Å². The van der Waals surface area contributed by atoms with Crippen molar-refractivity contribution in [2.24, 2.45) is 5.92 Å². The quantitative estimate of drug-likeness (QED) is 0.493. The Morgan fingerprint density at radius 2 is 2.00 bits per heavy atom. The first-order chi connectivity index (χ1) is 10.9. The lowest BCUT2D eigenvalue weighted by Crippen LogP contribution is -2.44. The molecular formula is C16H19N3O3S. The van der Waals surface area contributed by atoms with Gasteiger partial charge in [-0.25, -0.2) is 4.79 Å². The monoisotopic (exact) mass is 333 g/mol. The molecule has 0 aliphatic heterocycles. The molecule has 0 fully saturated rings. The maximum atomic E-state index is 11.8. The van der Waals surface area contributed by atoms with Crippen molar-refractivity contribution in [1.29, 1.82) is 0 Å². The number of carbonyl (C=O) groups excluding carboxylic acids is 1. The lowest BCUT2D eigenvalue weighted by Gasteiger charge is -2.20. The maximum Gasteiger partial charge on any atom is 0.328 e. The Balaban J connectivity index is 2.14. The zero-order valence-electron chi connectivity index (χ0n) is 13.2. The van der Waals surface area contributed by atoms with E-state index in [0.717, 1.165) is 5.56 Å². The van der Waals surface area contributed by atoms with Gasteiger partial charge in [-0.1, -0.05) is 43.4 Å². The smallest absolute Gasteiger partial charge is 0.328 e. The fourth-order valence-electron chi connectivity index (χ4n) is 2.01. The summed E-state index contributed by atoms with van der Waals surface area (Å²) in [4.78, 5) is 12.1. The highest BCUT2D eigenvalue weighted by atomic mass is 32.1. The van der Waals surface area contributed by atoms with E-state index >= 15 is 0 Å². The second-order valence-corrected chi connectivity index (χ2v) is 5.82. The Hall–Kier alpha value is -2.41. The fraction of sp³-hybridized carbons (Fsp3) is 0.312. The summed E-state index contributed by atoms with van der Waals surface area (Å²) >= 11 is 5.29. The standard InChI is InChI=1S/C16H19N3O3S/c1-9(2)14(16(20)21-3)18-15(23)13-8-12(19-22-13)10-4-6-11(17)7-5-10/h4-9,14H,17H2,1-3H3,(H,18,23)/t14-/m1/s1. The Morgan fingerprint density at radius 1 is 1.35 bits per heavy atom. The number of rotatable bonds is 5. The zero-order valence-corrected chi connectivity index (χ0v) is 14.0. The van der Waals surface area contributed by atoms with Crippen molar-refractivity contribution in [2.45, 2.75) is 19.9 Å². The molecule has 2 rings (SSSR count). The van der Waals surface area contributed by atoms with Gasteiger partial charge in [0.05, 0.1) is 7.11 Å². The summed E-state index contributed by atoms with van der Waals surface area (Å²) in [5.41, 5.74) is 7.85. The zero-order chi connectivity index (χ0) is 17.0. The van der Waals surface area contributed by atoms with Crippen LogP contribution in [0, 0.1) is 5.92 Å². The highest BCUT2D eigenvalue weighted by molar-refractivity contribution is 7.80. The van der Waals surface area contributed by atoms with Gasteiger partial charge in [0.2, 0.25) is 0 Å². The van der Waals surface area contributed by atoms with Gasteiger partial charge < -0.3 is 20.3 Å². The minimum absolute atomic E-state index is 0.0138. The number of thiocarbonyl (C=S) groups is 1. The van der Waals surface area contributed by atoms with E-state index in [2.05, 4.69) is 10.5 Å². The van der Waals surface area contributed by atoms with E-state index in [1.54, 1.807) is 18.2 Å². The van der Waals surface area contributed by atoms with Crippen LogP contribution in [0.5, 0.6) is 0 Å². The minimum Gasteiger partial charge on any atom is -0.467 e. The first kappa shape index (κ1) is 17.0. The Kier molecular flexibility index (Phi) is 5.33. The molecule has 0 spiro atoms. The van der Waals surface area contributed by atoms with Crippen LogP contribution in [0.2, 0.25) is 0 Å². The minimum atomic E-state index is -0.544. The van der Waals surface area contributed by atoms with Crippen LogP contribution >= 0.6 is 12.2 Å². The molecule has 1 aromatic carbocycles. The van der Waals surface area contributed by atoms with Gasteiger partial charge in [-0.3, -0.25) is 0 Å². The summed E-state index contributed by atoms with van der Waals surface area (Å²) in [6.07, 6.45) is 0. The van der Waals surface area contributed by atoms with Crippen molar-refractivity contribution in [3.63, 3.8) is 0 Å². The molecule has 0 bridgehead atoms. The molecule has 1 heterocycles. The molecule has 6 nitrogen and oxygen atoms in total. The van der Waals surface area contributed by atoms with Crippen LogP contribution in [0.1, 0.15) is 19.6 Å². The third-order valence-electron chi connectivity index (χ3n) is 3.35. The van der Waals surface area contributed by atoms with Crippen LogP contribution in [-0.2, 0) is 9.53 Å². The van der Waals surface area contributed by atoms with E-state index in [1.807, 2.05) is 26.0 Å². The van der Waals surface area contributed by atoms with Gasteiger partial charge in [0.1, 0.15) is 16.7 Å². The molecular weight excluding hydrogens is 314 g/mol. The van der Waals surface area contributed by atoms with Gasteiger partial charge >= 0.3 is 5.97 Å². The number of nitrogens with two attached hydrogens (primary N) is 1. The highest BCUT2D eigenvalue weighted by Crippen LogP contribution is 2.20. The van der Waals surface area contributed by atoms with Crippen molar-refractivity contribution in [1.82, 2.24) is 10.5 Å². The third kappa shape index (κ3) is 4.07. The summed E-state index contributed by atoms with van der Waals surface area (Å²) in [5.74, 6) is 0.0295. The number of nitrogens with zero attached hydrogens (tertiary/aromatic N) is 1. The van der Waals surface area contributed by atoms with E-state index in [-0.39, 0.29) is 11.9 Å². The number of nitrogen functional groups attached to an aromatic ring is 1. The molecule has 0 aliphatic rings.